The minimum Gasteiger partial charge on any atom is -0.490 e. The summed E-state index contributed by atoms with van der Waals surface area (Å²) in [6.45, 7) is 17.1. The molecular formula is C34H39Cl2N5O4. The van der Waals surface area contributed by atoms with E-state index in [-0.39, 0.29) is 19.8 Å². The molecule has 0 bridgehead atoms. The van der Waals surface area contributed by atoms with Crippen LogP contribution in [-0.4, -0.2) is 39.0 Å². The molecular weight excluding hydrogens is 613 g/mol. The lowest BCUT2D eigenvalue weighted by Crippen LogP contribution is -2.30. The number of fused-ring (bicyclic) bond motifs is 1. The Balaban J connectivity index is 1.33. The summed E-state index contributed by atoms with van der Waals surface area (Å²) in [6.07, 6.45) is 3.58. The topological polar surface area (TPSA) is 105 Å². The number of nitrogens with zero attached hydrogens (tertiary/aromatic N) is 3. The number of carboxylic acid groups (broad SMARTS) is 1. The van der Waals surface area contributed by atoms with E-state index in [4.69, 9.17) is 49.3 Å². The van der Waals surface area contributed by atoms with Gasteiger partial charge in [0.1, 0.15) is 10.8 Å². The van der Waals surface area contributed by atoms with Gasteiger partial charge < -0.3 is 19.9 Å². The highest BCUT2D eigenvalue weighted by Crippen LogP contribution is 2.44. The Hall–Kier alpha value is -3.87. The summed E-state index contributed by atoms with van der Waals surface area (Å²) in [6, 6.07) is 11.2. The summed E-state index contributed by atoms with van der Waals surface area (Å²) >= 11 is 13.3. The number of hydrogen-bond donors (Lipinski definition) is 3. The van der Waals surface area contributed by atoms with Crippen molar-refractivity contribution < 1.29 is 19.4 Å². The summed E-state index contributed by atoms with van der Waals surface area (Å²) < 4.78 is 13.5. The molecule has 3 N–H and O–H groups in total. The Kier molecular flexibility index (Phi) is 10.2. The number of rotatable bonds is 12. The van der Waals surface area contributed by atoms with Gasteiger partial charge in [-0.3, -0.25) is 9.89 Å². The first-order valence-electron chi connectivity index (χ1n) is 15.3. The molecule has 1 fully saturated rings. The fraction of sp³-hybridized carbons (Fsp3) is 0.441. The van der Waals surface area contributed by atoms with Crippen LogP contribution < -0.4 is 14.8 Å². The van der Waals surface area contributed by atoms with Crippen molar-refractivity contribution in [2.45, 2.75) is 59.8 Å². The highest BCUT2D eigenvalue weighted by atomic mass is 35.5. The number of H-pyrrole nitrogens is 1. The summed E-state index contributed by atoms with van der Waals surface area (Å²) in [5, 5.41) is 16.3. The van der Waals surface area contributed by atoms with Gasteiger partial charge in [0.15, 0.2) is 24.1 Å². The Morgan fingerprint density at radius 2 is 1.89 bits per heavy atom. The molecule has 2 heterocycles. The fourth-order valence-electron chi connectivity index (χ4n) is 6.62. The van der Waals surface area contributed by atoms with Crippen molar-refractivity contribution in [3.63, 3.8) is 0 Å². The van der Waals surface area contributed by atoms with Crippen molar-refractivity contribution >= 4 is 46.2 Å². The van der Waals surface area contributed by atoms with E-state index in [0.29, 0.717) is 74.6 Å². The molecule has 238 valence electrons. The minimum atomic E-state index is -0.857. The molecule has 0 amide bonds. The standard InChI is InChI=1S/C34H39Cl2N5O4/c1-19-8-11-28(44-12-6-7-30(42)43)29(15-19)45-18-38-27-16-23(9-10-26(27)35)33-39-34-25(31(37-5)32(36)41(34)40-33)17-24-21(3)13-20(2)14-22(24)4/h8-11,15-16,20-22,24,38H,6-7,12-14,17-18H2,1-4H3,(H,39,40)(H,42,43). The van der Waals surface area contributed by atoms with Crippen molar-refractivity contribution in [1.29, 1.82) is 0 Å². The zero-order valence-electron chi connectivity index (χ0n) is 26.0. The molecule has 2 atom stereocenters. The van der Waals surface area contributed by atoms with Crippen molar-refractivity contribution in [2.75, 3.05) is 18.7 Å². The van der Waals surface area contributed by atoms with E-state index >= 15 is 0 Å². The van der Waals surface area contributed by atoms with Crippen molar-refractivity contribution in [3.05, 3.63) is 69.1 Å². The Morgan fingerprint density at radius 3 is 2.60 bits per heavy atom. The number of aromatic amines is 1. The molecule has 0 spiro atoms. The molecule has 2 unspecified atom stereocenters. The number of hydrogen-bond acceptors (Lipinski definition) is 5. The molecule has 2 aromatic heterocycles. The third-order valence-electron chi connectivity index (χ3n) is 8.78. The average molecular weight is 653 g/mol. The van der Waals surface area contributed by atoms with Crippen molar-refractivity contribution in [1.82, 2.24) is 14.6 Å². The molecule has 1 aliphatic carbocycles. The minimum absolute atomic E-state index is 0.0381. The number of aliphatic carboxylic acids is 1. The first-order valence-corrected chi connectivity index (χ1v) is 16.1. The molecule has 0 saturated heterocycles. The lowest BCUT2D eigenvalue weighted by Gasteiger charge is -2.38. The van der Waals surface area contributed by atoms with Crippen LogP contribution in [0.25, 0.3) is 21.9 Å². The van der Waals surface area contributed by atoms with Gasteiger partial charge in [-0.1, -0.05) is 50.0 Å². The summed E-state index contributed by atoms with van der Waals surface area (Å²) in [4.78, 5) is 19.5. The van der Waals surface area contributed by atoms with Gasteiger partial charge in [-0.05, 0) is 92.2 Å². The first kappa shape index (κ1) is 32.5. The number of halogens is 2. The Labute approximate surface area is 273 Å². The van der Waals surface area contributed by atoms with Crippen LogP contribution in [0.3, 0.4) is 0 Å². The van der Waals surface area contributed by atoms with E-state index in [2.05, 4.69) is 36.0 Å². The number of carboxylic acids is 1. The van der Waals surface area contributed by atoms with Crippen molar-refractivity contribution in [3.8, 4) is 22.9 Å². The predicted octanol–water partition coefficient (Wildman–Crippen LogP) is 9.05. The highest BCUT2D eigenvalue weighted by Gasteiger charge is 2.34. The monoisotopic (exact) mass is 651 g/mol. The maximum atomic E-state index is 10.8. The maximum Gasteiger partial charge on any atom is 0.303 e. The second-order valence-corrected chi connectivity index (χ2v) is 13.1. The maximum absolute atomic E-state index is 10.8. The largest absolute Gasteiger partial charge is 0.490 e. The zero-order valence-corrected chi connectivity index (χ0v) is 27.5. The number of benzene rings is 2. The number of ether oxygens (including phenoxy) is 2. The number of aryl methyl sites for hydroxylation is 1. The Bertz CT molecular complexity index is 1710. The third-order valence-corrected chi connectivity index (χ3v) is 9.46. The van der Waals surface area contributed by atoms with E-state index in [1.807, 2.05) is 37.3 Å². The van der Waals surface area contributed by atoms with Gasteiger partial charge in [0.2, 0.25) is 5.69 Å². The second-order valence-electron chi connectivity index (χ2n) is 12.3. The van der Waals surface area contributed by atoms with E-state index in [1.54, 1.807) is 10.6 Å². The van der Waals surface area contributed by atoms with Gasteiger partial charge >= 0.3 is 5.97 Å². The molecule has 0 radical (unpaired) electrons. The third kappa shape index (κ3) is 7.34. The number of nitrogens with one attached hydrogen (secondary N) is 2. The van der Waals surface area contributed by atoms with E-state index in [1.165, 1.54) is 12.8 Å². The summed E-state index contributed by atoms with van der Waals surface area (Å²) in [5.41, 5.74) is 4.50. The molecule has 1 saturated carbocycles. The van der Waals surface area contributed by atoms with Crippen LogP contribution in [0.4, 0.5) is 11.4 Å². The summed E-state index contributed by atoms with van der Waals surface area (Å²) in [7, 11) is 0. The van der Waals surface area contributed by atoms with E-state index in [0.717, 1.165) is 23.1 Å². The quantitative estimate of drug-likeness (QED) is 0.0802. The van der Waals surface area contributed by atoms with Crippen LogP contribution >= 0.6 is 23.2 Å². The Morgan fingerprint density at radius 1 is 1.13 bits per heavy atom. The molecule has 5 rings (SSSR count). The van der Waals surface area contributed by atoms with Crippen LogP contribution in [0.2, 0.25) is 10.2 Å². The second kappa shape index (κ2) is 14.1. The first-order chi connectivity index (χ1) is 21.5. The van der Waals surface area contributed by atoms with Gasteiger partial charge in [0.25, 0.3) is 0 Å². The summed E-state index contributed by atoms with van der Waals surface area (Å²) in [5.74, 6) is 3.12. The number of anilines is 1. The number of carbonyl (C=O) groups is 1. The molecule has 2 aromatic carbocycles. The van der Waals surface area contributed by atoms with E-state index in [9.17, 15) is 4.79 Å². The zero-order chi connectivity index (χ0) is 32.2. The highest BCUT2D eigenvalue weighted by molar-refractivity contribution is 6.33. The predicted molar refractivity (Wildman–Crippen MR) is 178 cm³/mol. The molecule has 45 heavy (non-hydrogen) atoms. The molecule has 1 aliphatic rings. The molecule has 11 heteroatoms. The lowest BCUT2D eigenvalue weighted by molar-refractivity contribution is -0.137. The normalized spacial score (nSPS) is 19.8. The van der Waals surface area contributed by atoms with Crippen LogP contribution in [0, 0.1) is 37.2 Å². The van der Waals surface area contributed by atoms with Crippen LogP contribution in [0.15, 0.2) is 36.4 Å². The smallest absolute Gasteiger partial charge is 0.303 e. The van der Waals surface area contributed by atoms with Gasteiger partial charge in [-0.2, -0.15) is 0 Å². The van der Waals surface area contributed by atoms with E-state index < -0.39 is 5.97 Å². The van der Waals surface area contributed by atoms with Gasteiger partial charge in [0.05, 0.1) is 23.9 Å². The number of aromatic nitrogens is 3. The van der Waals surface area contributed by atoms with Crippen molar-refractivity contribution in [2.24, 2.45) is 23.7 Å². The fourth-order valence-corrected chi connectivity index (χ4v) is 7.08. The van der Waals surface area contributed by atoms with Gasteiger partial charge in [-0.15, -0.1) is 0 Å². The van der Waals surface area contributed by atoms with Crippen LogP contribution in [0.1, 0.15) is 57.6 Å². The average Bonchev–Trinajstić information content (AvgIpc) is 3.52. The lowest BCUT2D eigenvalue weighted by atomic mass is 9.67. The van der Waals surface area contributed by atoms with Gasteiger partial charge in [0, 0.05) is 17.5 Å². The molecule has 0 aliphatic heterocycles. The van der Waals surface area contributed by atoms with Crippen LogP contribution in [0.5, 0.6) is 11.5 Å². The molecule has 4 aromatic rings. The van der Waals surface area contributed by atoms with Crippen LogP contribution in [-0.2, 0) is 11.2 Å². The molecule has 9 nitrogen and oxygen atoms in total. The van der Waals surface area contributed by atoms with Gasteiger partial charge in [-0.25, -0.2) is 14.3 Å². The SMILES string of the molecule is [C-]#[N+]c1c(CC2C(C)CC(C)CC2C)c2nc(-c3ccc(Cl)c(NCOc4cc(C)ccc4OCCCC(=O)O)c3)[nH]n2c1Cl.